The number of hydrogen-bond donors (Lipinski definition) is 1. The van der Waals surface area contributed by atoms with Gasteiger partial charge in [-0.3, -0.25) is 4.79 Å². The summed E-state index contributed by atoms with van der Waals surface area (Å²) in [6, 6.07) is 6.92. The van der Waals surface area contributed by atoms with Crippen LogP contribution in [0.4, 0.5) is 0 Å². The Kier molecular flexibility index (Phi) is 4.97. The summed E-state index contributed by atoms with van der Waals surface area (Å²) in [5, 5.41) is 9.24. The molecule has 0 radical (unpaired) electrons. The molecule has 1 unspecified atom stereocenters. The molecule has 126 valence electrons. The number of carbonyl (C=O) groups excluding carboxylic acids is 1. The first-order valence-corrected chi connectivity index (χ1v) is 8.05. The van der Waals surface area contributed by atoms with Crippen LogP contribution in [-0.2, 0) is 9.59 Å². The predicted molar refractivity (Wildman–Crippen MR) is 87.6 cm³/mol. The number of nitrogens with zero attached hydrogens (tertiary/aromatic N) is 1. The van der Waals surface area contributed by atoms with E-state index in [4.69, 9.17) is 4.74 Å². The first-order chi connectivity index (χ1) is 10.7. The van der Waals surface area contributed by atoms with Crippen LogP contribution < -0.4 is 4.74 Å². The zero-order valence-corrected chi connectivity index (χ0v) is 14.2. The average molecular weight is 319 g/mol. The van der Waals surface area contributed by atoms with E-state index in [-0.39, 0.29) is 5.91 Å². The maximum atomic E-state index is 12.7. The predicted octanol–water partition coefficient (Wildman–Crippen LogP) is 3.04. The van der Waals surface area contributed by atoms with E-state index in [1.807, 2.05) is 24.3 Å². The summed E-state index contributed by atoms with van der Waals surface area (Å²) in [4.78, 5) is 25.4. The smallest absolute Gasteiger partial charge is 0.326 e. The van der Waals surface area contributed by atoms with E-state index in [0.717, 1.165) is 0 Å². The van der Waals surface area contributed by atoms with Crippen LogP contribution in [0.25, 0.3) is 0 Å². The van der Waals surface area contributed by atoms with Crippen molar-refractivity contribution in [1.29, 1.82) is 0 Å². The van der Waals surface area contributed by atoms with Crippen molar-refractivity contribution in [3.8, 4) is 5.75 Å². The molecule has 0 aliphatic carbocycles. The SMILES string of the molecule is CC(C)c1ccc(OC(C)(C)C(=O)N2CCCC2C(=O)O)cc1. The van der Waals surface area contributed by atoms with Gasteiger partial charge in [-0.2, -0.15) is 0 Å². The Morgan fingerprint density at radius 1 is 1.26 bits per heavy atom. The molecule has 2 rings (SSSR count). The third kappa shape index (κ3) is 3.84. The molecule has 0 aromatic heterocycles. The number of carbonyl (C=O) groups is 2. The van der Waals surface area contributed by atoms with Crippen molar-refractivity contribution in [2.45, 2.75) is 58.1 Å². The minimum atomic E-state index is -1.10. The summed E-state index contributed by atoms with van der Waals surface area (Å²) in [6.45, 7) is 8.06. The fraction of sp³-hybridized carbons (Fsp3) is 0.556. The van der Waals surface area contributed by atoms with Crippen molar-refractivity contribution in [2.75, 3.05) is 6.54 Å². The third-order valence-corrected chi connectivity index (χ3v) is 4.23. The highest BCUT2D eigenvalue weighted by Gasteiger charge is 2.42. The molecule has 1 atom stereocenters. The van der Waals surface area contributed by atoms with Crippen molar-refractivity contribution in [2.24, 2.45) is 0 Å². The molecule has 1 aliphatic heterocycles. The highest BCUT2D eigenvalue weighted by Crippen LogP contribution is 2.26. The van der Waals surface area contributed by atoms with E-state index < -0.39 is 17.6 Å². The zero-order valence-electron chi connectivity index (χ0n) is 14.2. The standard InChI is InChI=1S/C18H25NO4/c1-12(2)13-7-9-14(10-8-13)23-18(3,4)17(22)19-11-5-6-15(19)16(20)21/h7-10,12,15H,5-6,11H2,1-4H3,(H,20,21). The first-order valence-electron chi connectivity index (χ1n) is 8.05. The van der Waals surface area contributed by atoms with Crippen molar-refractivity contribution in [3.05, 3.63) is 29.8 Å². The summed E-state index contributed by atoms with van der Waals surface area (Å²) in [5.74, 6) is -0.193. The number of likely N-dealkylation sites (tertiary alicyclic amines) is 1. The van der Waals surface area contributed by atoms with Crippen LogP contribution >= 0.6 is 0 Å². The number of aliphatic carboxylic acids is 1. The molecule has 1 aromatic carbocycles. The average Bonchev–Trinajstić information content (AvgIpc) is 2.96. The van der Waals surface area contributed by atoms with Gasteiger partial charge in [0, 0.05) is 6.54 Å². The highest BCUT2D eigenvalue weighted by molar-refractivity contribution is 5.89. The Bertz CT molecular complexity index is 577. The van der Waals surface area contributed by atoms with Gasteiger partial charge in [-0.05, 0) is 50.3 Å². The maximum absolute atomic E-state index is 12.7. The molecule has 1 amide bonds. The van der Waals surface area contributed by atoms with E-state index >= 15 is 0 Å². The van der Waals surface area contributed by atoms with Gasteiger partial charge in [-0.1, -0.05) is 26.0 Å². The first kappa shape index (κ1) is 17.3. The summed E-state index contributed by atoms with van der Waals surface area (Å²) in [5.41, 5.74) is 0.101. The molecule has 1 N–H and O–H groups in total. The molecule has 1 aromatic rings. The number of carboxylic acids is 1. The van der Waals surface area contributed by atoms with Crippen LogP contribution in [0.3, 0.4) is 0 Å². The van der Waals surface area contributed by atoms with E-state index in [1.165, 1.54) is 10.5 Å². The summed E-state index contributed by atoms with van der Waals surface area (Å²) < 4.78 is 5.85. The number of benzene rings is 1. The van der Waals surface area contributed by atoms with Gasteiger partial charge >= 0.3 is 5.97 Å². The van der Waals surface area contributed by atoms with Crippen LogP contribution in [0, 0.1) is 0 Å². The van der Waals surface area contributed by atoms with Gasteiger partial charge in [-0.15, -0.1) is 0 Å². The Hall–Kier alpha value is -2.04. The van der Waals surface area contributed by atoms with Crippen LogP contribution in [-0.4, -0.2) is 40.1 Å². The fourth-order valence-corrected chi connectivity index (χ4v) is 2.87. The van der Waals surface area contributed by atoms with E-state index in [2.05, 4.69) is 13.8 Å². The molecule has 1 saturated heterocycles. The normalized spacial score (nSPS) is 18.3. The topological polar surface area (TPSA) is 66.8 Å². The molecule has 5 nitrogen and oxygen atoms in total. The second-order valence-corrected chi connectivity index (χ2v) is 6.83. The second-order valence-electron chi connectivity index (χ2n) is 6.83. The van der Waals surface area contributed by atoms with Gasteiger partial charge in [0.1, 0.15) is 11.8 Å². The molecule has 0 spiro atoms. The van der Waals surface area contributed by atoms with Crippen molar-refractivity contribution < 1.29 is 19.4 Å². The number of carboxylic acid groups (broad SMARTS) is 1. The van der Waals surface area contributed by atoms with Crippen LogP contribution in [0.1, 0.15) is 52.0 Å². The monoisotopic (exact) mass is 319 g/mol. The largest absolute Gasteiger partial charge is 0.480 e. The maximum Gasteiger partial charge on any atom is 0.326 e. The molecule has 1 aliphatic rings. The second kappa shape index (κ2) is 6.60. The van der Waals surface area contributed by atoms with Crippen LogP contribution in [0.5, 0.6) is 5.75 Å². The van der Waals surface area contributed by atoms with E-state index in [1.54, 1.807) is 13.8 Å². The molecular formula is C18H25NO4. The molecule has 5 heteroatoms. The van der Waals surface area contributed by atoms with Crippen molar-refractivity contribution >= 4 is 11.9 Å². The molecular weight excluding hydrogens is 294 g/mol. The van der Waals surface area contributed by atoms with Crippen molar-refractivity contribution in [3.63, 3.8) is 0 Å². The minimum Gasteiger partial charge on any atom is -0.480 e. The zero-order chi connectivity index (χ0) is 17.2. The van der Waals surface area contributed by atoms with Gasteiger partial charge in [-0.25, -0.2) is 4.79 Å². The van der Waals surface area contributed by atoms with Gasteiger partial charge in [0.15, 0.2) is 5.60 Å². The quantitative estimate of drug-likeness (QED) is 0.906. The lowest BCUT2D eigenvalue weighted by atomic mass is 10.0. The summed E-state index contributed by atoms with van der Waals surface area (Å²) in [7, 11) is 0. The fourth-order valence-electron chi connectivity index (χ4n) is 2.87. The molecule has 0 bridgehead atoms. The van der Waals surface area contributed by atoms with Crippen molar-refractivity contribution in [1.82, 2.24) is 4.90 Å². The Labute approximate surface area is 137 Å². The Balaban J connectivity index is 2.11. The lowest BCUT2D eigenvalue weighted by Crippen LogP contribution is -2.52. The lowest BCUT2D eigenvalue weighted by molar-refractivity contribution is -0.155. The molecule has 1 heterocycles. The van der Waals surface area contributed by atoms with Crippen LogP contribution in [0.15, 0.2) is 24.3 Å². The third-order valence-electron chi connectivity index (χ3n) is 4.23. The molecule has 0 saturated carbocycles. The lowest BCUT2D eigenvalue weighted by Gasteiger charge is -2.32. The van der Waals surface area contributed by atoms with Crippen LogP contribution in [0.2, 0.25) is 0 Å². The van der Waals surface area contributed by atoms with Gasteiger partial charge in [0.25, 0.3) is 5.91 Å². The number of hydrogen-bond acceptors (Lipinski definition) is 3. The number of ether oxygens (including phenoxy) is 1. The molecule has 23 heavy (non-hydrogen) atoms. The Morgan fingerprint density at radius 2 is 1.87 bits per heavy atom. The van der Waals surface area contributed by atoms with E-state index in [0.29, 0.717) is 31.1 Å². The van der Waals surface area contributed by atoms with E-state index in [9.17, 15) is 14.7 Å². The number of amides is 1. The van der Waals surface area contributed by atoms with Gasteiger partial charge < -0.3 is 14.7 Å². The Morgan fingerprint density at radius 3 is 2.39 bits per heavy atom. The molecule has 1 fully saturated rings. The summed E-state index contributed by atoms with van der Waals surface area (Å²) in [6.07, 6.45) is 1.21. The highest BCUT2D eigenvalue weighted by atomic mass is 16.5. The van der Waals surface area contributed by atoms with Gasteiger partial charge in [0.05, 0.1) is 0 Å². The number of rotatable bonds is 5. The summed E-state index contributed by atoms with van der Waals surface area (Å²) >= 11 is 0. The minimum absolute atomic E-state index is 0.282. The van der Waals surface area contributed by atoms with Gasteiger partial charge in [0.2, 0.25) is 0 Å².